The van der Waals surface area contributed by atoms with Crippen molar-refractivity contribution in [2.75, 3.05) is 31.7 Å². The number of aromatic nitrogens is 2. The van der Waals surface area contributed by atoms with E-state index in [1.165, 1.54) is 89.2 Å². The number of non-ortho nitro benzene ring substituents is 1. The minimum absolute atomic E-state index is 0. The molecule has 0 aliphatic rings. The second-order valence-electron chi connectivity index (χ2n) is 16.3. The van der Waals surface area contributed by atoms with Crippen LogP contribution in [0.5, 0.6) is 0 Å². The molecule has 0 bridgehead atoms. The first-order valence-electron chi connectivity index (χ1n) is 24.1. The van der Waals surface area contributed by atoms with E-state index >= 15 is 0 Å². The van der Waals surface area contributed by atoms with Crippen LogP contribution < -0.4 is 16.4 Å². The van der Waals surface area contributed by atoms with Crippen molar-refractivity contribution < 1.29 is 47.1 Å². The molecule has 1 aromatic carbocycles. The van der Waals surface area contributed by atoms with Crippen molar-refractivity contribution in [2.24, 2.45) is 0 Å². The Labute approximate surface area is 382 Å². The highest BCUT2D eigenvalue weighted by Gasteiger charge is 2.22. The van der Waals surface area contributed by atoms with Crippen molar-refractivity contribution in [1.29, 1.82) is 0 Å². The number of nitrogens with zero attached hydrogens (tertiary/aromatic N) is 3. The molecule has 2 atom stereocenters. The normalized spacial score (nSPS) is 13.0. The molecule has 64 heavy (non-hydrogen) atoms. The van der Waals surface area contributed by atoms with Crippen LogP contribution in [0.1, 0.15) is 194 Å². The number of hydrogen-bond donors (Lipinski definition) is 2. The Morgan fingerprint density at radius 2 is 1.16 bits per heavy atom. The van der Waals surface area contributed by atoms with Crippen LogP contribution in [-0.2, 0) is 32.7 Å². The molecule has 0 saturated heterocycles. The standard InChI is InChI=1S/C47H79N4O11P.H3N/c1-3-5-7-9-11-13-15-17-19-21-23-25-27-29-31-33-44(52)58-39-41(61-45(53)34-32-30-28-26-24-22-20-18-16-14-12-10-8-6-4-2)40-60-63(56,57)59-38-37-48-42-35-36-43(51(54)55)47-46(42)49-62-50-47;/h17-20,35-36,41,48H,3-16,21-34,37-40H2,1-2H3,(H,56,57);1H3/b19-17-,20-18-;/t41-;/m1./s1. The third-order valence-electron chi connectivity index (χ3n) is 10.7. The molecule has 1 aromatic heterocycles. The monoisotopic (exact) mass is 924 g/mol. The van der Waals surface area contributed by atoms with E-state index in [1.807, 2.05) is 0 Å². The van der Waals surface area contributed by atoms with Gasteiger partial charge in [-0.1, -0.05) is 141 Å². The molecular weight excluding hydrogens is 842 g/mol. The number of anilines is 1. The number of nitro benzene ring substituents is 1. The summed E-state index contributed by atoms with van der Waals surface area (Å²) >= 11 is 0. The second kappa shape index (κ2) is 38.6. The number of hydrogen-bond acceptors (Lipinski definition) is 14. The van der Waals surface area contributed by atoms with E-state index in [0.717, 1.165) is 77.0 Å². The lowest BCUT2D eigenvalue weighted by Crippen LogP contribution is -2.30. The molecule has 366 valence electrons. The molecule has 0 amide bonds. The zero-order valence-electron chi connectivity index (χ0n) is 39.4. The van der Waals surface area contributed by atoms with E-state index in [1.54, 1.807) is 0 Å². The Kier molecular flexibility index (Phi) is 35.1. The summed E-state index contributed by atoms with van der Waals surface area (Å²) in [4.78, 5) is 48.7. The number of benzene rings is 1. The SMILES string of the molecule is CCCCCCCC/C=C\CCCCCCCC(=O)OC[C@H](COP(=O)([O-])OCCNc1ccc([N+](=O)[O-])c2nonc12)OC(=O)CCCCCCC/C=C\CCCCCCCC.[NH4+]. The molecule has 16 nitrogen and oxygen atoms in total. The Morgan fingerprint density at radius 3 is 1.67 bits per heavy atom. The summed E-state index contributed by atoms with van der Waals surface area (Å²) in [5.41, 5.74) is 0.0741. The smallest absolute Gasteiger partial charge is 0.306 e. The maximum Gasteiger partial charge on any atom is 0.306 e. The average molecular weight is 924 g/mol. The number of ether oxygens (including phenoxy) is 2. The third kappa shape index (κ3) is 29.7. The minimum atomic E-state index is -4.88. The van der Waals surface area contributed by atoms with E-state index in [0.29, 0.717) is 18.5 Å². The molecule has 17 heteroatoms. The molecule has 0 aliphatic carbocycles. The molecular formula is C47H82N5O11P. The predicted molar refractivity (Wildman–Crippen MR) is 252 cm³/mol. The lowest BCUT2D eigenvalue weighted by molar-refractivity contribution is -0.383. The Morgan fingerprint density at radius 1 is 0.688 bits per heavy atom. The highest BCUT2D eigenvalue weighted by molar-refractivity contribution is 7.45. The number of esters is 2. The largest absolute Gasteiger partial charge is 0.756 e. The first-order chi connectivity index (χ1) is 30.7. The van der Waals surface area contributed by atoms with Crippen LogP contribution in [0, 0.1) is 10.1 Å². The zero-order valence-corrected chi connectivity index (χ0v) is 40.3. The summed E-state index contributed by atoms with van der Waals surface area (Å²) in [7, 11) is -4.88. The van der Waals surface area contributed by atoms with Crippen molar-refractivity contribution in [2.45, 2.75) is 200 Å². The molecule has 0 radical (unpaired) electrons. The van der Waals surface area contributed by atoms with E-state index < -0.39 is 37.4 Å². The molecule has 1 heterocycles. The first-order valence-corrected chi connectivity index (χ1v) is 25.5. The second-order valence-corrected chi connectivity index (χ2v) is 17.7. The van der Waals surface area contributed by atoms with Gasteiger partial charge in [-0.25, -0.2) is 4.63 Å². The number of fused-ring (bicyclic) bond motifs is 1. The summed E-state index contributed by atoms with van der Waals surface area (Å²) in [6, 6.07) is 2.62. The van der Waals surface area contributed by atoms with Crippen molar-refractivity contribution in [3.05, 3.63) is 46.6 Å². The number of phosphoric acid groups is 1. The predicted octanol–water partition coefficient (Wildman–Crippen LogP) is 13.0. The van der Waals surface area contributed by atoms with Gasteiger partial charge in [-0.3, -0.25) is 24.3 Å². The average Bonchev–Trinajstić information content (AvgIpc) is 3.76. The van der Waals surface area contributed by atoms with Crippen LogP contribution in [0.2, 0.25) is 0 Å². The van der Waals surface area contributed by atoms with Crippen molar-refractivity contribution >= 4 is 42.2 Å². The molecule has 0 aliphatic heterocycles. The topological polar surface area (TPSA) is 242 Å². The summed E-state index contributed by atoms with van der Waals surface area (Å²) in [6.45, 7) is 3.11. The fraction of sp³-hybridized carbons (Fsp3) is 0.745. The van der Waals surface area contributed by atoms with Gasteiger partial charge in [0.1, 0.15) is 6.61 Å². The van der Waals surface area contributed by atoms with E-state index in [4.69, 9.17) is 18.5 Å². The van der Waals surface area contributed by atoms with E-state index in [-0.39, 0.29) is 55.5 Å². The number of phosphoric ester groups is 1. The van der Waals surface area contributed by atoms with Crippen LogP contribution in [0.15, 0.2) is 41.1 Å². The number of nitrogens with one attached hydrogen (secondary N) is 1. The van der Waals surface area contributed by atoms with Crippen molar-refractivity contribution in [3.63, 3.8) is 0 Å². The number of carbonyl (C=O) groups excluding carboxylic acids is 2. The lowest BCUT2D eigenvalue weighted by atomic mass is 10.1. The van der Waals surface area contributed by atoms with Gasteiger partial charge in [-0.05, 0) is 80.6 Å². The summed E-state index contributed by atoms with van der Waals surface area (Å²) in [6.07, 6.45) is 37.9. The lowest BCUT2D eigenvalue weighted by Gasteiger charge is -2.25. The molecule has 0 spiro atoms. The van der Waals surface area contributed by atoms with Crippen LogP contribution in [-0.4, -0.2) is 59.6 Å². The maximum atomic E-state index is 12.8. The van der Waals surface area contributed by atoms with Gasteiger partial charge >= 0.3 is 17.6 Å². The Bertz CT molecular complexity index is 1620. The van der Waals surface area contributed by atoms with Gasteiger partial charge in [-0.2, -0.15) is 0 Å². The molecule has 0 fully saturated rings. The molecule has 1 unspecified atom stereocenters. The van der Waals surface area contributed by atoms with Crippen LogP contribution in [0.3, 0.4) is 0 Å². The van der Waals surface area contributed by atoms with Crippen molar-refractivity contribution in [1.82, 2.24) is 16.5 Å². The number of nitro groups is 1. The number of quaternary nitrogens is 1. The van der Waals surface area contributed by atoms with Crippen LogP contribution in [0.25, 0.3) is 11.0 Å². The van der Waals surface area contributed by atoms with Gasteiger partial charge in [0.2, 0.25) is 5.52 Å². The van der Waals surface area contributed by atoms with Gasteiger partial charge in [0.15, 0.2) is 11.6 Å². The number of allylic oxidation sites excluding steroid dienone is 4. The molecule has 2 rings (SSSR count). The quantitative estimate of drug-likeness (QED) is 0.0157. The van der Waals surface area contributed by atoms with E-state index in [2.05, 4.69) is 58.4 Å². The number of carbonyl (C=O) groups is 2. The summed E-state index contributed by atoms with van der Waals surface area (Å²) < 4.78 is 38.3. The van der Waals surface area contributed by atoms with Gasteiger partial charge in [-0.15, -0.1) is 0 Å². The molecule has 5 N–H and O–H groups in total. The number of rotatable bonds is 42. The maximum absolute atomic E-state index is 12.8. The first kappa shape index (κ1) is 58.3. The summed E-state index contributed by atoms with van der Waals surface area (Å²) in [5, 5.41) is 21.4. The van der Waals surface area contributed by atoms with Crippen LogP contribution >= 0.6 is 7.82 Å². The fourth-order valence-electron chi connectivity index (χ4n) is 7.00. The van der Waals surface area contributed by atoms with Gasteiger partial charge < -0.3 is 34.9 Å². The van der Waals surface area contributed by atoms with Crippen LogP contribution in [0.4, 0.5) is 11.4 Å². The van der Waals surface area contributed by atoms with Crippen molar-refractivity contribution in [3.8, 4) is 0 Å². The number of unbranched alkanes of at least 4 members (excludes halogenated alkanes) is 22. The molecule has 0 saturated carbocycles. The highest BCUT2D eigenvalue weighted by Crippen LogP contribution is 2.38. The fourth-order valence-corrected chi connectivity index (χ4v) is 7.74. The van der Waals surface area contributed by atoms with E-state index in [9.17, 15) is 29.2 Å². The minimum Gasteiger partial charge on any atom is -0.756 e. The summed E-state index contributed by atoms with van der Waals surface area (Å²) in [5.74, 6) is -0.988. The van der Waals surface area contributed by atoms with Gasteiger partial charge in [0, 0.05) is 25.5 Å². The van der Waals surface area contributed by atoms with Gasteiger partial charge in [0.25, 0.3) is 7.82 Å². The molecule has 2 aromatic rings. The Balaban J connectivity index is 0.0000205. The highest BCUT2D eigenvalue weighted by atomic mass is 31.2. The Hall–Kier alpha value is -3.69. The van der Waals surface area contributed by atoms with Gasteiger partial charge in [0.05, 0.1) is 23.8 Å². The zero-order chi connectivity index (χ0) is 45.6. The third-order valence-corrected chi connectivity index (χ3v) is 11.7.